The van der Waals surface area contributed by atoms with Crippen LogP contribution in [-0.2, 0) is 17.8 Å². The molecule has 0 radical (unpaired) electrons. The lowest BCUT2D eigenvalue weighted by Gasteiger charge is -2.13. The molecule has 3 aromatic heterocycles. The molecule has 0 bridgehead atoms. The van der Waals surface area contributed by atoms with E-state index in [2.05, 4.69) is 50.9 Å². The molecule has 2 aliphatic rings. The minimum Gasteiger partial charge on any atom is -0.370 e. The monoisotopic (exact) mass is 469 g/mol. The van der Waals surface area contributed by atoms with Crippen molar-refractivity contribution >= 4 is 11.7 Å². The third kappa shape index (κ3) is 4.29. The maximum absolute atomic E-state index is 12.0. The average Bonchev–Trinajstić information content (AvgIpc) is 3.24. The summed E-state index contributed by atoms with van der Waals surface area (Å²) in [6, 6.07) is 10.9. The zero-order valence-corrected chi connectivity index (χ0v) is 19.8. The van der Waals surface area contributed by atoms with Crippen molar-refractivity contribution in [3.63, 3.8) is 0 Å². The van der Waals surface area contributed by atoms with E-state index < -0.39 is 0 Å². The number of aromatic nitrogens is 5. The second-order valence-corrected chi connectivity index (χ2v) is 9.52. The van der Waals surface area contributed by atoms with Crippen LogP contribution in [0.25, 0.3) is 22.6 Å². The van der Waals surface area contributed by atoms with Crippen LogP contribution in [0.1, 0.15) is 35.7 Å². The molecule has 9 nitrogen and oxygen atoms in total. The first kappa shape index (κ1) is 21.5. The molecule has 1 unspecified atom stereocenters. The van der Waals surface area contributed by atoms with Gasteiger partial charge >= 0.3 is 0 Å². The predicted octanol–water partition coefficient (Wildman–Crippen LogP) is 3.59. The normalized spacial score (nSPS) is 15.5. The predicted molar refractivity (Wildman–Crippen MR) is 131 cm³/mol. The Morgan fingerprint density at radius 3 is 2.77 bits per heavy atom. The molecule has 1 fully saturated rings. The van der Waals surface area contributed by atoms with Gasteiger partial charge in [0.2, 0.25) is 5.91 Å². The van der Waals surface area contributed by atoms with Crippen LogP contribution in [0.2, 0.25) is 0 Å². The first-order valence-corrected chi connectivity index (χ1v) is 11.9. The number of rotatable bonds is 7. The van der Waals surface area contributed by atoms with Gasteiger partial charge in [0.15, 0.2) is 5.82 Å². The number of benzene rings is 1. The Morgan fingerprint density at radius 1 is 1.17 bits per heavy atom. The van der Waals surface area contributed by atoms with E-state index >= 15 is 0 Å². The van der Waals surface area contributed by atoms with Crippen molar-refractivity contribution in [3.05, 3.63) is 65.9 Å². The zero-order chi connectivity index (χ0) is 23.9. The number of pyridine rings is 1. The molecule has 1 aliphatic heterocycles. The summed E-state index contributed by atoms with van der Waals surface area (Å²) < 4.78 is 7.19. The van der Waals surface area contributed by atoms with Gasteiger partial charge in [-0.1, -0.05) is 29.4 Å². The molecule has 4 heterocycles. The second kappa shape index (κ2) is 8.65. The fourth-order valence-corrected chi connectivity index (χ4v) is 4.60. The van der Waals surface area contributed by atoms with Crippen molar-refractivity contribution in [2.45, 2.75) is 31.7 Å². The lowest BCUT2D eigenvalue weighted by atomic mass is 9.92. The van der Waals surface area contributed by atoms with Crippen LogP contribution in [0.4, 0.5) is 5.82 Å². The van der Waals surface area contributed by atoms with Crippen LogP contribution in [-0.4, -0.2) is 56.4 Å². The smallest absolute Gasteiger partial charge is 0.261 e. The van der Waals surface area contributed by atoms with E-state index in [0.29, 0.717) is 23.2 Å². The number of hydrogen-bond acceptors (Lipinski definition) is 7. The minimum absolute atomic E-state index is 0.0320. The van der Waals surface area contributed by atoms with Gasteiger partial charge in [0.1, 0.15) is 12.4 Å². The van der Waals surface area contributed by atoms with Gasteiger partial charge in [-0.05, 0) is 47.9 Å². The quantitative estimate of drug-likeness (QED) is 0.441. The highest BCUT2D eigenvalue weighted by Gasteiger charge is 2.36. The number of carbonyl (C=O) groups excluding carboxylic acids is 1. The highest BCUT2D eigenvalue weighted by atomic mass is 16.5. The van der Waals surface area contributed by atoms with E-state index in [1.54, 1.807) is 31.2 Å². The molecule has 1 saturated carbocycles. The Hall–Kier alpha value is -4.01. The van der Waals surface area contributed by atoms with Crippen LogP contribution in [0.15, 0.2) is 53.4 Å². The number of likely N-dealkylation sites (N-methyl/N-ethyl adjacent to an activating group) is 1. The number of nitrogens with one attached hydrogen (secondary N) is 1. The summed E-state index contributed by atoms with van der Waals surface area (Å²) in [6.07, 6.45) is 8.68. The molecule has 0 saturated heterocycles. The highest BCUT2D eigenvalue weighted by Crippen LogP contribution is 2.46. The Kier molecular flexibility index (Phi) is 5.32. The number of fused-ring (bicyclic) bond motifs is 1. The summed E-state index contributed by atoms with van der Waals surface area (Å²) in [5, 5.41) is 11.9. The van der Waals surface area contributed by atoms with E-state index in [1.165, 1.54) is 16.0 Å². The third-order valence-corrected chi connectivity index (χ3v) is 6.75. The molecule has 1 aromatic carbocycles. The van der Waals surface area contributed by atoms with Gasteiger partial charge in [-0.3, -0.25) is 9.48 Å². The van der Waals surface area contributed by atoms with Gasteiger partial charge in [0.05, 0.1) is 17.7 Å². The number of amides is 1. The van der Waals surface area contributed by atoms with Crippen LogP contribution in [0.5, 0.6) is 0 Å². The molecular weight excluding hydrogens is 442 g/mol. The lowest BCUT2D eigenvalue weighted by Crippen LogP contribution is -2.26. The Morgan fingerprint density at radius 2 is 2.00 bits per heavy atom. The number of carbonyl (C=O) groups is 1. The van der Waals surface area contributed by atoms with Crippen LogP contribution < -0.4 is 5.32 Å². The van der Waals surface area contributed by atoms with Crippen molar-refractivity contribution in [1.82, 2.24) is 29.8 Å². The largest absolute Gasteiger partial charge is 0.370 e. The fourth-order valence-electron chi connectivity index (χ4n) is 4.60. The number of anilines is 1. The van der Waals surface area contributed by atoms with Gasteiger partial charge in [0.25, 0.3) is 5.89 Å². The molecule has 1 amide bonds. The van der Waals surface area contributed by atoms with Crippen LogP contribution in [0, 0.1) is 5.92 Å². The summed E-state index contributed by atoms with van der Waals surface area (Å²) in [6.45, 7) is 1.12. The Bertz CT molecular complexity index is 1370. The third-order valence-electron chi connectivity index (χ3n) is 6.75. The van der Waals surface area contributed by atoms with Crippen molar-refractivity contribution in [1.29, 1.82) is 0 Å². The molecule has 6 rings (SSSR count). The van der Waals surface area contributed by atoms with Gasteiger partial charge in [-0.15, -0.1) is 0 Å². The molecule has 1 N–H and O–H groups in total. The summed E-state index contributed by atoms with van der Waals surface area (Å²) >= 11 is 0. The van der Waals surface area contributed by atoms with Crippen LogP contribution >= 0.6 is 0 Å². The van der Waals surface area contributed by atoms with Gasteiger partial charge in [0, 0.05) is 38.6 Å². The topological polar surface area (TPSA) is 102 Å². The molecule has 1 aliphatic carbocycles. The van der Waals surface area contributed by atoms with Gasteiger partial charge < -0.3 is 14.7 Å². The minimum atomic E-state index is -0.0320. The van der Waals surface area contributed by atoms with Crippen molar-refractivity contribution in [2.75, 3.05) is 26.0 Å². The van der Waals surface area contributed by atoms with E-state index in [9.17, 15) is 4.79 Å². The summed E-state index contributed by atoms with van der Waals surface area (Å²) in [5.74, 6) is 2.69. The van der Waals surface area contributed by atoms with Gasteiger partial charge in [-0.25, -0.2) is 4.98 Å². The molecular formula is C26H27N7O2. The Balaban J connectivity index is 1.23. The van der Waals surface area contributed by atoms with E-state index in [0.717, 1.165) is 42.8 Å². The summed E-state index contributed by atoms with van der Waals surface area (Å²) in [7, 11) is 3.45. The zero-order valence-electron chi connectivity index (χ0n) is 19.8. The van der Waals surface area contributed by atoms with Crippen molar-refractivity contribution < 1.29 is 9.32 Å². The van der Waals surface area contributed by atoms with E-state index in [4.69, 9.17) is 9.51 Å². The molecule has 178 valence electrons. The van der Waals surface area contributed by atoms with Crippen molar-refractivity contribution in [3.8, 4) is 22.6 Å². The maximum Gasteiger partial charge on any atom is 0.261 e. The molecule has 35 heavy (non-hydrogen) atoms. The Labute approximate surface area is 203 Å². The average molecular weight is 470 g/mol. The number of nitrogens with zero attached hydrogens (tertiary/aromatic N) is 6. The summed E-state index contributed by atoms with van der Waals surface area (Å²) in [5.41, 5.74) is 5.45. The first-order chi connectivity index (χ1) is 17.0. The van der Waals surface area contributed by atoms with E-state index in [-0.39, 0.29) is 18.4 Å². The SMILES string of the molecule is CN(C)C(=O)Cn1cc(-c2nc(C(c3ccc(-c4cnc5c(c4)CCN5)cc3)C3CC3)no2)cn1. The van der Waals surface area contributed by atoms with Crippen molar-refractivity contribution in [2.24, 2.45) is 5.92 Å². The summed E-state index contributed by atoms with van der Waals surface area (Å²) in [4.78, 5) is 22.8. The lowest BCUT2D eigenvalue weighted by molar-refractivity contribution is -0.129. The molecule has 4 aromatic rings. The molecule has 9 heteroatoms. The highest BCUT2D eigenvalue weighted by molar-refractivity contribution is 5.75. The standard InChI is InChI=1S/C26H27N7O2/c1-32(2)22(34)15-33-14-21(13-29-33)26-30-25(31-35-26)23(18-7-8-18)17-5-3-16(4-6-17)20-11-19-9-10-27-24(19)28-12-20/h3-6,11-14,18,23H,7-10,15H2,1-2H3,(H,27,28). The second-order valence-electron chi connectivity index (χ2n) is 9.52. The van der Waals surface area contributed by atoms with Crippen LogP contribution in [0.3, 0.4) is 0 Å². The maximum atomic E-state index is 12.0. The molecule has 1 atom stereocenters. The van der Waals surface area contributed by atoms with E-state index in [1.807, 2.05) is 6.20 Å². The first-order valence-electron chi connectivity index (χ1n) is 11.9. The number of hydrogen-bond donors (Lipinski definition) is 1. The molecule has 0 spiro atoms. The van der Waals surface area contributed by atoms with Gasteiger partial charge in [-0.2, -0.15) is 10.1 Å². The fraction of sp³-hybridized carbons (Fsp3) is 0.346.